The van der Waals surface area contributed by atoms with E-state index in [9.17, 15) is 19.0 Å². The van der Waals surface area contributed by atoms with Crippen LogP contribution in [0.3, 0.4) is 0 Å². The zero-order valence-electron chi connectivity index (χ0n) is 40.5. The molecule has 9 nitrogen and oxygen atoms in total. The number of ether oxygens (including phenoxy) is 2. The molecule has 0 aliphatic carbocycles. The molecule has 0 fully saturated rings. The lowest BCUT2D eigenvalue weighted by Crippen LogP contribution is -2.37. The summed E-state index contributed by atoms with van der Waals surface area (Å²) < 4.78 is 34.5. The molecule has 358 valence electrons. The fourth-order valence-corrected chi connectivity index (χ4v) is 8.35. The van der Waals surface area contributed by atoms with Gasteiger partial charge in [-0.25, -0.2) is 4.57 Å². The van der Waals surface area contributed by atoms with Gasteiger partial charge < -0.3 is 18.9 Å². The standard InChI is InChI=1S/C50H100NO8P/c1-6-8-10-12-14-16-18-20-22-24-26-28-30-32-34-36-38-40-42-49(52)56-46-48(47-58-60(54,55)57-45-44-51(3,4)5)59-50(53)43-41-39-37-35-33-31-29-27-25-23-21-19-17-15-13-11-9-7-2/h48H,6-47H2,1-5H3/p+1. The minimum absolute atomic E-state index is 0.0372. The van der Waals surface area contributed by atoms with Crippen LogP contribution in [0.4, 0.5) is 0 Å². The summed E-state index contributed by atoms with van der Waals surface area (Å²) in [5, 5.41) is 0. The Bertz CT molecular complexity index is 990. The number of carbonyl (C=O) groups excluding carboxylic acids is 2. The summed E-state index contributed by atoms with van der Waals surface area (Å²) in [5.41, 5.74) is 0. The van der Waals surface area contributed by atoms with Crippen LogP contribution in [0.2, 0.25) is 0 Å². The Labute approximate surface area is 372 Å². The van der Waals surface area contributed by atoms with Crippen LogP contribution in [0.15, 0.2) is 0 Å². The molecule has 0 rings (SSSR count). The normalized spacial score (nSPS) is 13.4. The molecule has 0 saturated heterocycles. The second kappa shape index (κ2) is 43.3. The molecule has 0 aromatic rings. The second-order valence-electron chi connectivity index (χ2n) is 18.9. The van der Waals surface area contributed by atoms with E-state index in [0.717, 1.165) is 38.5 Å². The Hall–Kier alpha value is -0.990. The summed E-state index contributed by atoms with van der Waals surface area (Å²) in [6.07, 6.45) is 45.8. The van der Waals surface area contributed by atoms with Gasteiger partial charge in [0.25, 0.3) is 0 Å². The van der Waals surface area contributed by atoms with Crippen molar-refractivity contribution in [1.29, 1.82) is 0 Å². The third kappa shape index (κ3) is 46.5. The number of unbranched alkanes of at least 4 members (excludes halogenated alkanes) is 34. The predicted octanol–water partition coefficient (Wildman–Crippen LogP) is 15.1. The van der Waals surface area contributed by atoms with Crippen LogP contribution in [0.1, 0.15) is 258 Å². The molecule has 0 aliphatic heterocycles. The summed E-state index contributed by atoms with van der Waals surface area (Å²) in [4.78, 5) is 35.5. The largest absolute Gasteiger partial charge is 0.472 e. The summed E-state index contributed by atoms with van der Waals surface area (Å²) >= 11 is 0. The number of esters is 2. The van der Waals surface area contributed by atoms with Gasteiger partial charge in [-0.3, -0.25) is 18.6 Å². The molecule has 0 radical (unpaired) electrons. The molecule has 0 aliphatic rings. The van der Waals surface area contributed by atoms with Crippen molar-refractivity contribution < 1.29 is 42.1 Å². The zero-order chi connectivity index (χ0) is 44.3. The number of hydrogen-bond donors (Lipinski definition) is 1. The first-order valence-electron chi connectivity index (χ1n) is 25.8. The Morgan fingerprint density at radius 1 is 0.450 bits per heavy atom. The number of hydrogen-bond acceptors (Lipinski definition) is 7. The van der Waals surface area contributed by atoms with Gasteiger partial charge >= 0.3 is 19.8 Å². The van der Waals surface area contributed by atoms with Gasteiger partial charge in [-0.15, -0.1) is 0 Å². The third-order valence-corrected chi connectivity index (χ3v) is 12.6. The number of nitrogens with zero attached hydrogens (tertiary/aromatic N) is 1. The van der Waals surface area contributed by atoms with Crippen molar-refractivity contribution in [3.8, 4) is 0 Å². The van der Waals surface area contributed by atoms with Gasteiger partial charge in [0.15, 0.2) is 6.10 Å². The van der Waals surface area contributed by atoms with Crippen molar-refractivity contribution in [2.45, 2.75) is 264 Å². The number of phosphoric ester groups is 1. The van der Waals surface area contributed by atoms with E-state index in [0.29, 0.717) is 17.4 Å². The lowest BCUT2D eigenvalue weighted by molar-refractivity contribution is -0.870. The van der Waals surface area contributed by atoms with E-state index in [1.54, 1.807) is 0 Å². The van der Waals surface area contributed by atoms with Gasteiger partial charge in [0.05, 0.1) is 27.7 Å². The third-order valence-electron chi connectivity index (χ3n) is 11.6. The minimum atomic E-state index is -4.37. The Kier molecular flexibility index (Phi) is 42.6. The van der Waals surface area contributed by atoms with Crippen LogP contribution in [0.25, 0.3) is 0 Å². The molecule has 0 heterocycles. The molecule has 0 aromatic heterocycles. The van der Waals surface area contributed by atoms with E-state index in [1.807, 2.05) is 21.1 Å². The number of phosphoric acid groups is 1. The lowest BCUT2D eigenvalue weighted by atomic mass is 10.0. The van der Waals surface area contributed by atoms with Gasteiger partial charge in [0.2, 0.25) is 0 Å². The number of carbonyl (C=O) groups is 2. The van der Waals surface area contributed by atoms with Crippen LogP contribution in [0.5, 0.6) is 0 Å². The van der Waals surface area contributed by atoms with Crippen LogP contribution in [-0.2, 0) is 32.7 Å². The molecule has 0 bridgehead atoms. The van der Waals surface area contributed by atoms with Gasteiger partial charge in [0, 0.05) is 12.8 Å². The van der Waals surface area contributed by atoms with E-state index >= 15 is 0 Å². The van der Waals surface area contributed by atoms with Gasteiger partial charge in [-0.05, 0) is 12.8 Å². The molecule has 1 N–H and O–H groups in total. The molecule has 2 atom stereocenters. The molecule has 60 heavy (non-hydrogen) atoms. The van der Waals surface area contributed by atoms with Crippen LogP contribution in [-0.4, -0.2) is 74.9 Å². The lowest BCUT2D eigenvalue weighted by Gasteiger charge is -2.24. The Morgan fingerprint density at radius 2 is 0.750 bits per heavy atom. The Morgan fingerprint density at radius 3 is 1.07 bits per heavy atom. The first-order chi connectivity index (χ1) is 29.0. The highest BCUT2D eigenvalue weighted by atomic mass is 31.2. The van der Waals surface area contributed by atoms with E-state index in [-0.39, 0.29) is 25.6 Å². The fourth-order valence-electron chi connectivity index (χ4n) is 7.61. The highest BCUT2D eigenvalue weighted by Crippen LogP contribution is 2.43. The van der Waals surface area contributed by atoms with Crippen LogP contribution >= 0.6 is 7.82 Å². The summed E-state index contributed by atoms with van der Waals surface area (Å²) in [5.74, 6) is -0.777. The van der Waals surface area contributed by atoms with E-state index in [1.165, 1.54) is 193 Å². The highest BCUT2D eigenvalue weighted by molar-refractivity contribution is 7.47. The topological polar surface area (TPSA) is 108 Å². The molecule has 10 heteroatoms. The molecule has 0 saturated carbocycles. The molecule has 0 spiro atoms. The highest BCUT2D eigenvalue weighted by Gasteiger charge is 2.27. The molecule has 2 unspecified atom stereocenters. The SMILES string of the molecule is CCCCCCCCCCCCCCCCCCCCC(=O)OCC(COP(=O)(O)OCC[N+](C)(C)C)OC(=O)CCCCCCCCCCCCCCCCCCCC. The molecule has 0 amide bonds. The van der Waals surface area contributed by atoms with Gasteiger partial charge in [-0.2, -0.15) is 0 Å². The van der Waals surface area contributed by atoms with Gasteiger partial charge in [-0.1, -0.05) is 232 Å². The average molecular weight is 875 g/mol. The average Bonchev–Trinajstić information content (AvgIpc) is 3.20. The minimum Gasteiger partial charge on any atom is -0.462 e. The van der Waals surface area contributed by atoms with Crippen LogP contribution in [0, 0.1) is 0 Å². The predicted molar refractivity (Wildman–Crippen MR) is 252 cm³/mol. The number of rotatable bonds is 48. The van der Waals surface area contributed by atoms with Crippen molar-refractivity contribution in [3.05, 3.63) is 0 Å². The van der Waals surface area contributed by atoms with Gasteiger partial charge in [0.1, 0.15) is 19.8 Å². The fraction of sp³-hybridized carbons (Fsp3) is 0.960. The number of likely N-dealkylation sites (N-methyl/N-ethyl adjacent to an activating group) is 1. The maximum Gasteiger partial charge on any atom is 0.472 e. The number of quaternary nitrogens is 1. The maximum atomic E-state index is 12.7. The van der Waals surface area contributed by atoms with Crippen molar-refractivity contribution in [2.75, 3.05) is 47.5 Å². The first-order valence-corrected chi connectivity index (χ1v) is 27.3. The van der Waals surface area contributed by atoms with Crippen LogP contribution < -0.4 is 0 Å². The molecule has 0 aromatic carbocycles. The van der Waals surface area contributed by atoms with Crippen molar-refractivity contribution in [2.24, 2.45) is 0 Å². The van der Waals surface area contributed by atoms with E-state index in [4.69, 9.17) is 18.5 Å². The smallest absolute Gasteiger partial charge is 0.462 e. The first kappa shape index (κ1) is 59.0. The molecular weight excluding hydrogens is 774 g/mol. The monoisotopic (exact) mass is 875 g/mol. The summed E-state index contributed by atoms with van der Waals surface area (Å²) in [6.45, 7) is 4.49. The van der Waals surface area contributed by atoms with Crippen molar-refractivity contribution in [3.63, 3.8) is 0 Å². The quantitative estimate of drug-likeness (QED) is 0.0279. The zero-order valence-corrected chi connectivity index (χ0v) is 41.4. The maximum absolute atomic E-state index is 12.7. The van der Waals surface area contributed by atoms with Crippen molar-refractivity contribution >= 4 is 19.8 Å². The summed E-state index contributed by atoms with van der Waals surface area (Å²) in [6, 6.07) is 0. The van der Waals surface area contributed by atoms with Crippen molar-refractivity contribution in [1.82, 2.24) is 0 Å². The second-order valence-corrected chi connectivity index (χ2v) is 20.4. The Balaban J connectivity index is 4.20. The molecular formula is C50H101NO8P+. The summed E-state index contributed by atoms with van der Waals surface area (Å²) in [7, 11) is 1.50. The van der Waals surface area contributed by atoms with E-state index in [2.05, 4.69) is 13.8 Å². The van der Waals surface area contributed by atoms with E-state index < -0.39 is 26.5 Å².